The second-order valence-electron chi connectivity index (χ2n) is 10.8. The fourth-order valence-corrected chi connectivity index (χ4v) is 6.23. The number of furan rings is 1. The Bertz CT molecular complexity index is 1750. The van der Waals surface area contributed by atoms with E-state index in [0.717, 1.165) is 17.4 Å². The highest BCUT2D eigenvalue weighted by molar-refractivity contribution is 7.92. The van der Waals surface area contributed by atoms with Crippen molar-refractivity contribution in [3.8, 4) is 11.3 Å². The molecule has 0 spiro atoms. The molecule has 0 saturated heterocycles. The number of rotatable bonds is 8. The van der Waals surface area contributed by atoms with Crippen LogP contribution in [0.2, 0.25) is 0 Å². The summed E-state index contributed by atoms with van der Waals surface area (Å²) in [7, 11) is -2.26. The zero-order valence-corrected chi connectivity index (χ0v) is 25.3. The van der Waals surface area contributed by atoms with Gasteiger partial charge < -0.3 is 24.9 Å². The Labute approximate surface area is 250 Å². The second-order valence-corrected chi connectivity index (χ2v) is 12.7. The molecular formula is C32H35N3O7S. The molecule has 226 valence electrons. The number of amides is 1. The van der Waals surface area contributed by atoms with Crippen LogP contribution in [0.15, 0.2) is 71.1 Å². The number of nitrogens with zero attached hydrogens (tertiary/aromatic N) is 1. The SMILES string of the molecule is CNC(=O)c1c(-c2ccc(C)cc2)oc2cc3c(cc12)[C@H](C)O[C@H](COC(=O)[C@@H](N)Cc1ccccc1)CN3S(C)(=O)=O. The van der Waals surface area contributed by atoms with Crippen LogP contribution in [-0.2, 0) is 30.7 Å². The van der Waals surface area contributed by atoms with E-state index in [1.807, 2.05) is 61.5 Å². The smallest absolute Gasteiger partial charge is 0.323 e. The minimum atomic E-state index is -3.80. The van der Waals surface area contributed by atoms with E-state index in [1.54, 1.807) is 19.1 Å². The van der Waals surface area contributed by atoms with E-state index in [2.05, 4.69) is 5.32 Å². The molecule has 4 aromatic rings. The lowest BCUT2D eigenvalue weighted by molar-refractivity contribution is -0.150. The Kier molecular flexibility index (Phi) is 8.59. The Hall–Kier alpha value is -4.19. The van der Waals surface area contributed by atoms with Crippen molar-refractivity contribution in [2.75, 3.05) is 30.8 Å². The van der Waals surface area contributed by atoms with E-state index in [4.69, 9.17) is 19.6 Å². The van der Waals surface area contributed by atoms with Crippen LogP contribution in [0.3, 0.4) is 0 Å². The fourth-order valence-electron chi connectivity index (χ4n) is 5.28. The molecule has 0 unspecified atom stereocenters. The second kappa shape index (κ2) is 12.2. The van der Waals surface area contributed by atoms with Crippen LogP contribution in [-0.4, -0.2) is 58.9 Å². The molecule has 11 heteroatoms. The van der Waals surface area contributed by atoms with Crippen molar-refractivity contribution in [1.29, 1.82) is 0 Å². The van der Waals surface area contributed by atoms with Crippen LogP contribution in [0.5, 0.6) is 0 Å². The number of anilines is 1. The van der Waals surface area contributed by atoms with Gasteiger partial charge >= 0.3 is 5.97 Å². The maximum Gasteiger partial charge on any atom is 0.323 e. The molecule has 0 aliphatic carbocycles. The zero-order valence-electron chi connectivity index (χ0n) is 24.5. The topological polar surface area (TPSA) is 141 Å². The van der Waals surface area contributed by atoms with Crippen molar-refractivity contribution in [2.24, 2.45) is 5.73 Å². The molecule has 0 saturated carbocycles. The van der Waals surface area contributed by atoms with Crippen molar-refractivity contribution in [2.45, 2.75) is 38.5 Å². The van der Waals surface area contributed by atoms with Gasteiger partial charge in [0.25, 0.3) is 5.91 Å². The van der Waals surface area contributed by atoms with E-state index in [0.29, 0.717) is 45.5 Å². The van der Waals surface area contributed by atoms with Crippen LogP contribution in [0, 0.1) is 6.92 Å². The van der Waals surface area contributed by atoms with Gasteiger partial charge in [-0.15, -0.1) is 0 Å². The molecule has 3 aromatic carbocycles. The van der Waals surface area contributed by atoms with Gasteiger partial charge in [-0.2, -0.15) is 0 Å². The highest BCUT2D eigenvalue weighted by Crippen LogP contribution is 2.42. The highest BCUT2D eigenvalue weighted by Gasteiger charge is 2.34. The summed E-state index contributed by atoms with van der Waals surface area (Å²) in [6.07, 6.45) is 0.0202. The Morgan fingerprint density at radius 3 is 2.47 bits per heavy atom. The number of hydrogen-bond acceptors (Lipinski definition) is 8. The molecule has 2 heterocycles. The quantitative estimate of drug-likeness (QED) is 0.286. The fraction of sp³-hybridized carbons (Fsp3) is 0.312. The largest absolute Gasteiger partial charge is 0.462 e. The van der Waals surface area contributed by atoms with Gasteiger partial charge in [0.05, 0.1) is 30.2 Å². The molecule has 5 rings (SSSR count). The summed E-state index contributed by atoms with van der Waals surface area (Å²) in [5, 5.41) is 3.20. The van der Waals surface area contributed by atoms with Crippen LogP contribution >= 0.6 is 0 Å². The van der Waals surface area contributed by atoms with Gasteiger partial charge in [-0.25, -0.2) is 8.42 Å². The number of aryl methyl sites for hydroxylation is 1. The summed E-state index contributed by atoms with van der Waals surface area (Å²) in [5.74, 6) is -0.567. The Morgan fingerprint density at radius 2 is 1.81 bits per heavy atom. The number of carbonyl (C=O) groups excluding carboxylic acids is 2. The number of carbonyl (C=O) groups is 2. The highest BCUT2D eigenvalue weighted by atomic mass is 32.2. The van der Waals surface area contributed by atoms with E-state index < -0.39 is 34.2 Å². The molecular weight excluding hydrogens is 570 g/mol. The first-order valence-corrected chi connectivity index (χ1v) is 15.8. The summed E-state index contributed by atoms with van der Waals surface area (Å²) in [5.41, 5.74) is 10.4. The third-order valence-electron chi connectivity index (χ3n) is 7.49. The van der Waals surface area contributed by atoms with Crippen molar-refractivity contribution in [1.82, 2.24) is 5.32 Å². The van der Waals surface area contributed by atoms with E-state index in [-0.39, 0.29) is 19.1 Å². The summed E-state index contributed by atoms with van der Waals surface area (Å²) >= 11 is 0. The van der Waals surface area contributed by atoms with Crippen LogP contribution < -0.4 is 15.4 Å². The number of nitrogens with one attached hydrogen (secondary N) is 1. The van der Waals surface area contributed by atoms with Crippen molar-refractivity contribution >= 4 is 38.6 Å². The molecule has 1 amide bonds. The Balaban J connectivity index is 1.47. The Morgan fingerprint density at radius 1 is 1.12 bits per heavy atom. The summed E-state index contributed by atoms with van der Waals surface area (Å²) in [6, 6.07) is 19.4. The van der Waals surface area contributed by atoms with E-state index in [9.17, 15) is 18.0 Å². The first-order chi connectivity index (χ1) is 20.5. The number of hydrogen-bond donors (Lipinski definition) is 2. The molecule has 1 aliphatic heterocycles. The van der Waals surface area contributed by atoms with Gasteiger partial charge in [0.1, 0.15) is 30.1 Å². The minimum absolute atomic E-state index is 0.100. The summed E-state index contributed by atoms with van der Waals surface area (Å²) in [4.78, 5) is 25.8. The summed E-state index contributed by atoms with van der Waals surface area (Å²) in [6.45, 7) is 3.46. The minimum Gasteiger partial charge on any atom is -0.462 e. The molecule has 1 aliphatic rings. The van der Waals surface area contributed by atoms with Crippen LogP contribution in [0.25, 0.3) is 22.3 Å². The molecule has 0 bridgehead atoms. The maximum absolute atomic E-state index is 13.1. The lowest BCUT2D eigenvalue weighted by atomic mass is 10.00. The molecule has 1 aromatic heterocycles. The van der Waals surface area contributed by atoms with Gasteiger partial charge in [0.15, 0.2) is 0 Å². The van der Waals surface area contributed by atoms with Gasteiger partial charge in [-0.05, 0) is 31.9 Å². The number of nitrogens with two attached hydrogens (primary N) is 1. The lowest BCUT2D eigenvalue weighted by Crippen LogP contribution is -2.41. The third-order valence-corrected chi connectivity index (χ3v) is 8.64. The van der Waals surface area contributed by atoms with Gasteiger partial charge in [-0.3, -0.25) is 13.9 Å². The van der Waals surface area contributed by atoms with Crippen molar-refractivity contribution < 1.29 is 31.9 Å². The number of benzene rings is 3. The van der Waals surface area contributed by atoms with E-state index in [1.165, 1.54) is 11.4 Å². The van der Waals surface area contributed by atoms with Crippen molar-refractivity contribution in [3.63, 3.8) is 0 Å². The number of fused-ring (bicyclic) bond motifs is 2. The zero-order chi connectivity index (χ0) is 30.9. The molecule has 0 fully saturated rings. The number of sulfonamides is 1. The average molecular weight is 606 g/mol. The molecule has 3 atom stereocenters. The predicted octanol–water partition coefficient (Wildman–Crippen LogP) is 4.11. The summed E-state index contributed by atoms with van der Waals surface area (Å²) < 4.78 is 45.3. The van der Waals surface area contributed by atoms with Crippen molar-refractivity contribution in [3.05, 3.63) is 89.0 Å². The first kappa shape index (κ1) is 30.3. The van der Waals surface area contributed by atoms with E-state index >= 15 is 0 Å². The molecule has 3 N–H and O–H groups in total. The third kappa shape index (κ3) is 6.43. The van der Waals surface area contributed by atoms with Gasteiger partial charge in [-0.1, -0.05) is 60.2 Å². The average Bonchev–Trinajstić information content (AvgIpc) is 3.28. The predicted molar refractivity (Wildman–Crippen MR) is 164 cm³/mol. The lowest BCUT2D eigenvalue weighted by Gasteiger charge is -2.25. The monoisotopic (exact) mass is 605 g/mol. The number of ether oxygens (including phenoxy) is 2. The molecule has 43 heavy (non-hydrogen) atoms. The van der Waals surface area contributed by atoms with Gasteiger partial charge in [0, 0.05) is 29.6 Å². The number of esters is 1. The standard InChI is InChI=1S/C32H35N3O7S/c1-19-10-12-22(13-11-19)30-29(31(36)34-3)25-15-24-20(2)41-23(17-35(43(4,38)39)27(24)16-28(25)42-30)18-40-32(37)26(33)14-21-8-6-5-7-9-21/h5-13,15-16,20,23,26H,14,17-18,33H2,1-4H3,(H,34,36)/t20-,23-,26-/m0/s1. The van der Waals surface area contributed by atoms with Gasteiger partial charge in [0.2, 0.25) is 10.0 Å². The first-order valence-electron chi connectivity index (χ1n) is 13.9. The maximum atomic E-state index is 13.1. The molecule has 0 radical (unpaired) electrons. The molecule has 10 nitrogen and oxygen atoms in total. The normalized spacial score (nSPS) is 17.7. The van der Waals surface area contributed by atoms with Crippen LogP contribution in [0.1, 0.15) is 40.1 Å². The van der Waals surface area contributed by atoms with Crippen LogP contribution in [0.4, 0.5) is 5.69 Å².